The van der Waals surface area contributed by atoms with E-state index in [2.05, 4.69) is 17.8 Å². The zero-order valence-electron chi connectivity index (χ0n) is 2.42. The molecule has 0 bridgehead atoms. The molecule has 5 heavy (non-hydrogen) atoms. The minimum absolute atomic E-state index is 0. The van der Waals surface area contributed by atoms with Crippen LogP contribution in [0.5, 0.6) is 0 Å². The van der Waals surface area contributed by atoms with E-state index in [1.807, 2.05) is 0 Å². The second kappa shape index (κ2) is 31.2. The summed E-state index contributed by atoms with van der Waals surface area (Å²) in [5.41, 5.74) is 0. The summed E-state index contributed by atoms with van der Waals surface area (Å²) in [6.07, 6.45) is 0. The molecule has 0 atom stereocenters. The second-order valence-corrected chi connectivity index (χ2v) is 0. The fourth-order valence-corrected chi connectivity index (χ4v) is 0. The topological polar surface area (TPSA) is 0 Å². The van der Waals surface area contributed by atoms with Crippen LogP contribution in [0.2, 0.25) is 0 Å². The average molecular weight is 327 g/mol. The van der Waals surface area contributed by atoms with E-state index in [4.69, 9.17) is 0 Å². The van der Waals surface area contributed by atoms with Crippen molar-refractivity contribution in [2.75, 3.05) is 0 Å². The van der Waals surface area contributed by atoms with Crippen molar-refractivity contribution in [1.29, 1.82) is 0 Å². The summed E-state index contributed by atoms with van der Waals surface area (Å²) < 4.78 is 0. The van der Waals surface area contributed by atoms with Crippen LogP contribution in [0.15, 0.2) is 0 Å². The van der Waals surface area contributed by atoms with Gasteiger partial charge >= 0.3 is 62.5 Å². The predicted octanol–water partition coefficient (Wildman–Crippen LogP) is 0.265. The molecule has 0 N–H and O–H groups in total. The number of hydrogen-bond acceptors (Lipinski definition) is 3. The van der Waals surface area contributed by atoms with Gasteiger partial charge < -0.3 is 13.5 Å². The molecule has 0 aliphatic carbocycles. The summed E-state index contributed by atoms with van der Waals surface area (Å²) in [5, 5.41) is 0. The fourth-order valence-electron chi connectivity index (χ4n) is 0. The van der Waals surface area contributed by atoms with Gasteiger partial charge in [0.05, 0.1) is 0 Å². The van der Waals surface area contributed by atoms with E-state index in [0.717, 1.165) is 44.7 Å². The van der Waals surface area contributed by atoms with Crippen LogP contribution < -0.4 is 0 Å². The van der Waals surface area contributed by atoms with E-state index < -0.39 is 0 Å². The summed E-state index contributed by atoms with van der Waals surface area (Å²) in [6, 6.07) is 0. The fraction of sp³-hybridized carbons (Fsp3) is 0. The van der Waals surface area contributed by atoms with Crippen LogP contribution in [0.4, 0.5) is 0 Å². The molecule has 0 rings (SSSR count). The molecule has 0 amide bonds. The molecule has 0 saturated heterocycles. The molecule has 0 aliphatic heterocycles. The normalized spacial score (nSPS) is 1.20. The Morgan fingerprint density at radius 2 is 0.800 bits per heavy atom. The molecule has 0 aliphatic rings. The van der Waals surface area contributed by atoms with Crippen LogP contribution in [-0.4, -0.2) is 44.7 Å². The first-order chi connectivity index (χ1) is 2.00. The van der Waals surface area contributed by atoms with Crippen molar-refractivity contribution in [3.8, 4) is 0 Å². The molecule has 5 heteroatoms. The van der Waals surface area contributed by atoms with Gasteiger partial charge in [0.25, 0.3) is 0 Å². The first-order valence-electron chi connectivity index (χ1n) is 0.471. The Morgan fingerprint density at radius 3 is 0.800 bits per heavy atom. The van der Waals surface area contributed by atoms with Gasteiger partial charge in [-0.3, -0.25) is 0 Å². The van der Waals surface area contributed by atoms with Gasteiger partial charge in [0, 0.05) is 0 Å². The van der Waals surface area contributed by atoms with Gasteiger partial charge in [0.15, 0.2) is 0 Å². The van der Waals surface area contributed by atoms with Crippen LogP contribution in [-0.2, 0) is 13.5 Å². The summed E-state index contributed by atoms with van der Waals surface area (Å²) in [6.45, 7) is 0. The molecule has 0 spiro atoms. The molecule has 2 radical (unpaired) electrons. The molecule has 0 aromatic carbocycles. The van der Waals surface area contributed by atoms with Gasteiger partial charge in [-0.15, -0.1) is 0 Å². The van der Waals surface area contributed by atoms with Gasteiger partial charge in [0.2, 0.25) is 0 Å². The molecule has 0 fully saturated rings. The minimum atomic E-state index is 0. The van der Waals surface area contributed by atoms with Crippen molar-refractivity contribution in [3.63, 3.8) is 0 Å². The van der Waals surface area contributed by atoms with Gasteiger partial charge in [-0.2, -0.15) is 0 Å². The first-order valence-corrected chi connectivity index (χ1v) is 9.49. The van der Waals surface area contributed by atoms with Crippen molar-refractivity contribution in [2.24, 2.45) is 0 Å². The van der Waals surface area contributed by atoms with Crippen LogP contribution in [0, 0.1) is 0 Å². The maximum atomic E-state index is 4.21. The zero-order valence-corrected chi connectivity index (χ0v) is 11.5. The van der Waals surface area contributed by atoms with Crippen molar-refractivity contribution >= 4 is 76.0 Å². The SMILES string of the molecule is [SH-].[S]=[In].[S]=[In]. The average Bonchev–Trinajstić information content (AvgIpc) is 1.50. The molecule has 26 valence electrons. The van der Waals surface area contributed by atoms with Crippen molar-refractivity contribution < 1.29 is 0 Å². The second-order valence-electron chi connectivity index (χ2n) is 0. The van der Waals surface area contributed by atoms with E-state index in [-0.39, 0.29) is 13.5 Å². The molecule has 0 nitrogen and oxygen atoms in total. The Hall–Kier alpha value is 2.53. The van der Waals surface area contributed by atoms with Crippen LogP contribution in [0.25, 0.3) is 0 Å². The Kier molecular flexibility index (Phi) is 97.6. The third-order valence-corrected chi connectivity index (χ3v) is 0. The maximum absolute atomic E-state index is 4.21. The van der Waals surface area contributed by atoms with Gasteiger partial charge in [0.1, 0.15) is 0 Å². The Labute approximate surface area is 74.6 Å². The molecular formula is HIn2S3-. The summed E-state index contributed by atoms with van der Waals surface area (Å²) in [4.78, 5) is 0. The van der Waals surface area contributed by atoms with Crippen molar-refractivity contribution in [2.45, 2.75) is 0 Å². The summed E-state index contributed by atoms with van der Waals surface area (Å²) in [7, 11) is 8.43. The summed E-state index contributed by atoms with van der Waals surface area (Å²) in [5.74, 6) is 0. The third kappa shape index (κ3) is 20.9. The quantitative estimate of drug-likeness (QED) is 0.463. The molecular weight excluding hydrogens is 326 g/mol. The van der Waals surface area contributed by atoms with Crippen molar-refractivity contribution in [3.05, 3.63) is 0 Å². The molecule has 0 heterocycles. The van der Waals surface area contributed by atoms with Gasteiger partial charge in [-0.05, 0) is 0 Å². The van der Waals surface area contributed by atoms with Crippen LogP contribution >= 0.6 is 17.8 Å². The van der Waals surface area contributed by atoms with E-state index >= 15 is 0 Å². The third-order valence-electron chi connectivity index (χ3n) is 0. The van der Waals surface area contributed by atoms with E-state index in [9.17, 15) is 0 Å². The number of hydrogen-bond donors (Lipinski definition) is 0. The Morgan fingerprint density at radius 1 is 0.800 bits per heavy atom. The molecule has 0 aromatic heterocycles. The Bertz CT molecular complexity index is 6.85. The first kappa shape index (κ1) is 15.6. The van der Waals surface area contributed by atoms with Crippen LogP contribution in [0.1, 0.15) is 0 Å². The standard InChI is InChI=1S/2In.H2S.2S/h;;1H2;;/p-1. The zero-order chi connectivity index (χ0) is 4.00. The monoisotopic (exact) mass is 327 g/mol. The molecule has 0 saturated carbocycles. The van der Waals surface area contributed by atoms with Gasteiger partial charge in [-0.25, -0.2) is 0 Å². The van der Waals surface area contributed by atoms with Gasteiger partial charge in [-0.1, -0.05) is 0 Å². The molecule has 0 unspecified atom stereocenters. The van der Waals surface area contributed by atoms with E-state index in [1.165, 1.54) is 0 Å². The molecule has 0 aromatic rings. The summed E-state index contributed by atoms with van der Waals surface area (Å²) >= 11 is 1.87. The van der Waals surface area contributed by atoms with Crippen molar-refractivity contribution in [1.82, 2.24) is 0 Å². The van der Waals surface area contributed by atoms with E-state index in [1.54, 1.807) is 0 Å². The Balaban J connectivity index is -0.0000000133. The van der Waals surface area contributed by atoms with Crippen LogP contribution in [0.3, 0.4) is 0 Å². The number of thiol groups is 1. The predicted molar refractivity (Wildman–Crippen MR) is 35.5 cm³/mol. The number of rotatable bonds is 0. The van der Waals surface area contributed by atoms with E-state index in [0.29, 0.717) is 0 Å².